The lowest BCUT2D eigenvalue weighted by atomic mass is 10.1. The maximum atomic E-state index is 6.17. The quantitative estimate of drug-likeness (QED) is 0.918. The largest absolute Gasteiger partial charge is 0.330 e. The Morgan fingerprint density at radius 1 is 1.62 bits per heavy atom. The summed E-state index contributed by atoms with van der Waals surface area (Å²) in [6.45, 7) is 5.14. The molecule has 1 saturated heterocycles. The second kappa shape index (κ2) is 5.23. The third kappa shape index (κ3) is 2.54. The van der Waals surface area contributed by atoms with Crippen molar-refractivity contribution in [3.8, 4) is 0 Å². The molecule has 0 spiro atoms. The van der Waals surface area contributed by atoms with Gasteiger partial charge in [-0.3, -0.25) is 4.90 Å². The van der Waals surface area contributed by atoms with Gasteiger partial charge in [0, 0.05) is 18.2 Å². The number of hydrogen-bond acceptors (Lipinski definition) is 3. The van der Waals surface area contributed by atoms with Crippen molar-refractivity contribution in [3.63, 3.8) is 0 Å². The van der Waals surface area contributed by atoms with Crippen LogP contribution in [-0.4, -0.2) is 24.5 Å². The number of likely N-dealkylation sites (tertiary alicyclic amines) is 1. The summed E-state index contributed by atoms with van der Waals surface area (Å²) in [6, 6.07) is 2.32. The number of halogens is 2. The van der Waals surface area contributed by atoms with E-state index in [1.165, 1.54) is 17.8 Å². The molecule has 1 aliphatic rings. The van der Waals surface area contributed by atoms with Crippen molar-refractivity contribution in [2.24, 2.45) is 11.7 Å². The number of hydrogen-bond donors (Lipinski definition) is 1. The molecule has 1 aliphatic heterocycles. The van der Waals surface area contributed by atoms with E-state index in [1.54, 1.807) is 0 Å². The van der Waals surface area contributed by atoms with Crippen molar-refractivity contribution in [1.29, 1.82) is 0 Å². The van der Waals surface area contributed by atoms with Gasteiger partial charge in [0.15, 0.2) is 0 Å². The van der Waals surface area contributed by atoms with E-state index in [9.17, 15) is 0 Å². The van der Waals surface area contributed by atoms with Crippen molar-refractivity contribution < 1.29 is 0 Å². The first-order chi connectivity index (χ1) is 7.61. The van der Waals surface area contributed by atoms with Crippen LogP contribution in [0.5, 0.6) is 0 Å². The second-order valence-electron chi connectivity index (χ2n) is 4.34. The van der Waals surface area contributed by atoms with E-state index in [4.69, 9.17) is 28.9 Å². The van der Waals surface area contributed by atoms with E-state index in [0.29, 0.717) is 12.0 Å². The summed E-state index contributed by atoms with van der Waals surface area (Å²) < 4.78 is 1.58. The van der Waals surface area contributed by atoms with Gasteiger partial charge in [-0.1, -0.05) is 23.2 Å². The summed E-state index contributed by atoms with van der Waals surface area (Å²) >= 11 is 13.6. The monoisotopic (exact) mass is 278 g/mol. The standard InChI is InChI=1S/C11H16Cl2N2S/c1-7(9-4-10(12)16-11(9)13)15-3-2-8(5-14)6-15/h4,7-8H,2-3,5-6,14H2,1H3. The van der Waals surface area contributed by atoms with Crippen LogP contribution in [0.3, 0.4) is 0 Å². The highest BCUT2D eigenvalue weighted by Crippen LogP contribution is 2.38. The van der Waals surface area contributed by atoms with E-state index in [-0.39, 0.29) is 0 Å². The minimum Gasteiger partial charge on any atom is -0.330 e. The third-order valence-corrected chi connectivity index (χ3v) is 4.85. The Labute approximate surface area is 110 Å². The number of nitrogens with zero attached hydrogens (tertiary/aromatic N) is 1. The number of nitrogens with two attached hydrogens (primary N) is 1. The van der Waals surface area contributed by atoms with Crippen molar-refractivity contribution in [3.05, 3.63) is 20.3 Å². The van der Waals surface area contributed by atoms with Gasteiger partial charge in [-0.05, 0) is 38.4 Å². The highest BCUT2D eigenvalue weighted by atomic mass is 35.5. The first-order valence-corrected chi connectivity index (χ1v) is 7.08. The predicted octanol–water partition coefficient (Wildman–Crippen LogP) is 3.40. The molecule has 1 fully saturated rings. The summed E-state index contributed by atoms with van der Waals surface area (Å²) in [6.07, 6.45) is 1.19. The lowest BCUT2D eigenvalue weighted by Gasteiger charge is -2.24. The van der Waals surface area contributed by atoms with Crippen LogP contribution in [0.4, 0.5) is 0 Å². The van der Waals surface area contributed by atoms with Crippen molar-refractivity contribution in [2.45, 2.75) is 19.4 Å². The molecule has 16 heavy (non-hydrogen) atoms. The van der Waals surface area contributed by atoms with Gasteiger partial charge < -0.3 is 5.73 Å². The SMILES string of the molecule is CC(c1cc(Cl)sc1Cl)N1CCC(CN)C1. The van der Waals surface area contributed by atoms with Crippen LogP contribution < -0.4 is 5.73 Å². The van der Waals surface area contributed by atoms with Crippen LogP contribution >= 0.6 is 34.5 Å². The van der Waals surface area contributed by atoms with E-state index in [2.05, 4.69) is 11.8 Å². The van der Waals surface area contributed by atoms with Crippen LogP contribution in [0.1, 0.15) is 24.9 Å². The van der Waals surface area contributed by atoms with Gasteiger partial charge in [0.25, 0.3) is 0 Å². The zero-order valence-electron chi connectivity index (χ0n) is 9.25. The highest BCUT2D eigenvalue weighted by Gasteiger charge is 2.27. The Bertz CT molecular complexity index is 367. The fourth-order valence-corrected chi connectivity index (χ4v) is 3.88. The van der Waals surface area contributed by atoms with Crippen molar-refractivity contribution in [1.82, 2.24) is 4.90 Å². The molecule has 2 rings (SSSR count). The molecule has 2 unspecified atom stereocenters. The highest BCUT2D eigenvalue weighted by molar-refractivity contribution is 7.20. The van der Waals surface area contributed by atoms with Crippen LogP contribution in [0.15, 0.2) is 6.07 Å². The average molecular weight is 279 g/mol. The molecule has 2 nitrogen and oxygen atoms in total. The molecule has 0 radical (unpaired) electrons. The second-order valence-corrected chi connectivity index (χ2v) is 6.63. The van der Waals surface area contributed by atoms with E-state index in [1.807, 2.05) is 6.07 Å². The Hall–Kier alpha value is 0.200. The molecule has 1 aromatic heterocycles. The van der Waals surface area contributed by atoms with E-state index < -0.39 is 0 Å². The Balaban J connectivity index is 2.08. The van der Waals surface area contributed by atoms with Gasteiger partial charge in [0.1, 0.15) is 0 Å². The van der Waals surface area contributed by atoms with Crippen molar-refractivity contribution in [2.75, 3.05) is 19.6 Å². The zero-order chi connectivity index (χ0) is 11.7. The normalized spacial score (nSPS) is 23.9. The molecular formula is C11H16Cl2N2S. The maximum absolute atomic E-state index is 6.17. The molecule has 0 amide bonds. The molecule has 0 aromatic carbocycles. The van der Waals surface area contributed by atoms with E-state index >= 15 is 0 Å². The minimum atomic E-state index is 0.341. The van der Waals surface area contributed by atoms with Gasteiger partial charge in [0.05, 0.1) is 8.67 Å². The molecule has 5 heteroatoms. The molecule has 0 aliphatic carbocycles. The fourth-order valence-electron chi connectivity index (χ4n) is 2.24. The summed E-state index contributed by atoms with van der Waals surface area (Å²) in [5.74, 6) is 0.635. The molecule has 0 bridgehead atoms. The number of thiophene rings is 1. The summed E-state index contributed by atoms with van der Waals surface area (Å²) in [5, 5.41) is 0. The minimum absolute atomic E-state index is 0.341. The summed E-state index contributed by atoms with van der Waals surface area (Å²) in [4.78, 5) is 2.43. The first kappa shape index (κ1) is 12.7. The van der Waals surface area contributed by atoms with Crippen molar-refractivity contribution >= 4 is 34.5 Å². The van der Waals surface area contributed by atoms with Crippen LogP contribution in [0.2, 0.25) is 8.67 Å². The molecule has 1 aromatic rings. The van der Waals surface area contributed by atoms with Gasteiger partial charge in [-0.15, -0.1) is 11.3 Å². The molecular weight excluding hydrogens is 263 g/mol. The third-order valence-electron chi connectivity index (χ3n) is 3.33. The van der Waals surface area contributed by atoms with Crippen LogP contribution in [-0.2, 0) is 0 Å². The van der Waals surface area contributed by atoms with Gasteiger partial charge in [-0.2, -0.15) is 0 Å². The molecule has 0 saturated carbocycles. The first-order valence-electron chi connectivity index (χ1n) is 5.50. The average Bonchev–Trinajstić information content (AvgIpc) is 2.84. The lowest BCUT2D eigenvalue weighted by Crippen LogP contribution is -2.26. The zero-order valence-corrected chi connectivity index (χ0v) is 11.6. The van der Waals surface area contributed by atoms with E-state index in [0.717, 1.165) is 33.9 Å². The van der Waals surface area contributed by atoms with Crippen LogP contribution in [0.25, 0.3) is 0 Å². The fraction of sp³-hybridized carbons (Fsp3) is 0.636. The Morgan fingerprint density at radius 3 is 2.88 bits per heavy atom. The summed E-state index contributed by atoms with van der Waals surface area (Å²) in [7, 11) is 0. The number of rotatable bonds is 3. The van der Waals surface area contributed by atoms with Crippen LogP contribution in [0, 0.1) is 5.92 Å². The van der Waals surface area contributed by atoms with Gasteiger partial charge in [0.2, 0.25) is 0 Å². The Morgan fingerprint density at radius 2 is 2.38 bits per heavy atom. The maximum Gasteiger partial charge on any atom is 0.0991 e. The lowest BCUT2D eigenvalue weighted by molar-refractivity contribution is 0.254. The van der Waals surface area contributed by atoms with Gasteiger partial charge in [-0.25, -0.2) is 0 Å². The topological polar surface area (TPSA) is 29.3 Å². The predicted molar refractivity (Wildman–Crippen MR) is 71.5 cm³/mol. The Kier molecular flexibility index (Phi) is 4.14. The summed E-state index contributed by atoms with van der Waals surface area (Å²) in [5.41, 5.74) is 6.84. The van der Waals surface area contributed by atoms with Gasteiger partial charge >= 0.3 is 0 Å². The molecule has 2 atom stereocenters. The molecule has 2 N–H and O–H groups in total. The molecule has 90 valence electrons. The smallest absolute Gasteiger partial charge is 0.0991 e. The molecule has 2 heterocycles.